The monoisotopic (exact) mass is 386 g/mol. The Bertz CT molecular complexity index is 949. The summed E-state index contributed by atoms with van der Waals surface area (Å²) in [6.45, 7) is 0.640. The second-order valence-corrected chi connectivity index (χ2v) is 7.95. The fraction of sp³-hybridized carbons (Fsp3) is 0.263. The minimum atomic E-state index is -3.95. The number of nitrogens with one attached hydrogen (secondary N) is 2. The summed E-state index contributed by atoms with van der Waals surface area (Å²) in [6, 6.07) is 15.4. The zero-order chi connectivity index (χ0) is 19.9. The summed E-state index contributed by atoms with van der Waals surface area (Å²) in [5.74, 6) is -0.451. The summed E-state index contributed by atoms with van der Waals surface area (Å²) in [5.41, 5.74) is 2.09. The summed E-state index contributed by atoms with van der Waals surface area (Å²) in [7, 11) is -0.0221. The van der Waals surface area contributed by atoms with E-state index in [9.17, 15) is 13.2 Å². The van der Waals surface area contributed by atoms with Gasteiger partial charge in [0.15, 0.2) is 0 Å². The van der Waals surface area contributed by atoms with Crippen LogP contribution >= 0.6 is 0 Å². The molecule has 1 amide bonds. The lowest BCUT2D eigenvalue weighted by molar-refractivity contribution is -0.120. The van der Waals surface area contributed by atoms with E-state index in [0.717, 1.165) is 17.7 Å². The highest BCUT2D eigenvalue weighted by Gasteiger charge is 2.19. The van der Waals surface area contributed by atoms with Gasteiger partial charge in [-0.05, 0) is 37.4 Å². The van der Waals surface area contributed by atoms with E-state index in [0.29, 0.717) is 6.54 Å². The molecule has 0 heterocycles. The van der Waals surface area contributed by atoms with E-state index in [1.807, 2.05) is 49.3 Å². The first-order valence-electron chi connectivity index (χ1n) is 8.30. The van der Waals surface area contributed by atoms with Gasteiger partial charge in [0.1, 0.15) is 6.07 Å². The lowest BCUT2D eigenvalue weighted by atomic mass is 10.1. The maximum atomic E-state index is 12.3. The van der Waals surface area contributed by atoms with Crippen LogP contribution < -0.4 is 10.0 Å². The van der Waals surface area contributed by atoms with Crippen molar-refractivity contribution in [3.63, 3.8) is 0 Å². The standard InChI is InChI=1S/C19H22N4O3S/c1-23(2)14-17-9-4-3-8-16(17)12-21-19(24)13-22-27(25,26)18-10-6-5-7-15(18)11-20/h3-10,22H,12-14H2,1-2H3,(H,21,24). The van der Waals surface area contributed by atoms with E-state index in [1.54, 1.807) is 6.07 Å². The summed E-state index contributed by atoms with van der Waals surface area (Å²) in [6.07, 6.45) is 0. The van der Waals surface area contributed by atoms with Crippen molar-refractivity contribution in [2.45, 2.75) is 18.0 Å². The molecule has 0 aliphatic heterocycles. The van der Waals surface area contributed by atoms with Crippen LogP contribution in [-0.2, 0) is 27.9 Å². The molecule has 0 fully saturated rings. The van der Waals surface area contributed by atoms with Crippen LogP contribution in [0.5, 0.6) is 0 Å². The van der Waals surface area contributed by atoms with Crippen LogP contribution in [0.2, 0.25) is 0 Å². The van der Waals surface area contributed by atoms with Gasteiger partial charge in [-0.2, -0.15) is 5.26 Å². The summed E-state index contributed by atoms with van der Waals surface area (Å²) >= 11 is 0. The molecule has 0 unspecified atom stereocenters. The number of benzene rings is 2. The highest BCUT2D eigenvalue weighted by atomic mass is 32.2. The molecule has 2 rings (SSSR count). The minimum Gasteiger partial charge on any atom is -0.351 e. The van der Waals surface area contributed by atoms with E-state index in [1.165, 1.54) is 18.2 Å². The van der Waals surface area contributed by atoms with E-state index in [4.69, 9.17) is 5.26 Å². The van der Waals surface area contributed by atoms with E-state index in [2.05, 4.69) is 10.0 Å². The molecule has 2 aromatic rings. The van der Waals surface area contributed by atoms with Crippen molar-refractivity contribution in [1.82, 2.24) is 14.9 Å². The molecule has 0 bridgehead atoms. The fourth-order valence-electron chi connectivity index (χ4n) is 2.51. The van der Waals surface area contributed by atoms with Crippen molar-refractivity contribution in [1.29, 1.82) is 5.26 Å². The van der Waals surface area contributed by atoms with Crippen molar-refractivity contribution in [3.05, 3.63) is 65.2 Å². The molecule has 0 spiro atoms. The van der Waals surface area contributed by atoms with Gasteiger partial charge in [0, 0.05) is 13.1 Å². The van der Waals surface area contributed by atoms with Crippen molar-refractivity contribution in [2.75, 3.05) is 20.6 Å². The smallest absolute Gasteiger partial charge is 0.242 e. The number of hydrogen-bond acceptors (Lipinski definition) is 5. The summed E-state index contributed by atoms with van der Waals surface area (Å²) in [5, 5.41) is 11.7. The summed E-state index contributed by atoms with van der Waals surface area (Å²) < 4.78 is 26.9. The number of sulfonamides is 1. The summed E-state index contributed by atoms with van der Waals surface area (Å²) in [4.78, 5) is 14.0. The van der Waals surface area contributed by atoms with Gasteiger partial charge in [-0.3, -0.25) is 4.79 Å². The maximum absolute atomic E-state index is 12.3. The third kappa shape index (κ3) is 5.89. The molecule has 0 saturated carbocycles. The topological polar surface area (TPSA) is 102 Å². The molecule has 0 aliphatic rings. The Morgan fingerprint density at radius 3 is 2.37 bits per heavy atom. The van der Waals surface area contributed by atoms with Gasteiger partial charge in [0.25, 0.3) is 0 Å². The molecule has 2 N–H and O–H groups in total. The molecule has 0 saturated heterocycles. The van der Waals surface area contributed by atoms with E-state index >= 15 is 0 Å². The van der Waals surface area contributed by atoms with Crippen LogP contribution in [0.3, 0.4) is 0 Å². The number of carbonyl (C=O) groups excluding carboxylic acids is 1. The van der Waals surface area contributed by atoms with Crippen molar-refractivity contribution in [3.8, 4) is 6.07 Å². The molecule has 8 heteroatoms. The number of amides is 1. The Hall–Kier alpha value is -2.73. The first-order valence-corrected chi connectivity index (χ1v) is 9.79. The van der Waals surface area contributed by atoms with Gasteiger partial charge in [0.05, 0.1) is 17.0 Å². The van der Waals surface area contributed by atoms with Crippen LogP contribution in [0.15, 0.2) is 53.4 Å². The van der Waals surface area contributed by atoms with Gasteiger partial charge >= 0.3 is 0 Å². The van der Waals surface area contributed by atoms with Crippen LogP contribution in [0, 0.1) is 11.3 Å². The normalized spacial score (nSPS) is 11.2. The SMILES string of the molecule is CN(C)Cc1ccccc1CNC(=O)CNS(=O)(=O)c1ccccc1C#N. The first-order chi connectivity index (χ1) is 12.8. The fourth-order valence-corrected chi connectivity index (χ4v) is 3.65. The Labute approximate surface area is 159 Å². The molecule has 0 atom stereocenters. The average Bonchev–Trinajstić information content (AvgIpc) is 2.65. The molecular weight excluding hydrogens is 364 g/mol. The van der Waals surface area contributed by atoms with Crippen LogP contribution in [0.25, 0.3) is 0 Å². The third-order valence-corrected chi connectivity index (χ3v) is 5.26. The number of nitriles is 1. The molecular formula is C19H22N4O3S. The van der Waals surface area contributed by atoms with Crippen molar-refractivity contribution in [2.24, 2.45) is 0 Å². The van der Waals surface area contributed by atoms with Crippen molar-refractivity contribution >= 4 is 15.9 Å². The largest absolute Gasteiger partial charge is 0.351 e. The van der Waals surface area contributed by atoms with Crippen LogP contribution in [0.4, 0.5) is 0 Å². The van der Waals surface area contributed by atoms with Gasteiger partial charge in [-0.15, -0.1) is 0 Å². The zero-order valence-corrected chi connectivity index (χ0v) is 16.1. The van der Waals surface area contributed by atoms with Crippen molar-refractivity contribution < 1.29 is 13.2 Å². The third-order valence-electron chi connectivity index (χ3n) is 3.80. The maximum Gasteiger partial charge on any atom is 0.242 e. The number of hydrogen-bond donors (Lipinski definition) is 2. The van der Waals surface area contributed by atoms with Crippen LogP contribution in [0.1, 0.15) is 16.7 Å². The van der Waals surface area contributed by atoms with E-state index < -0.39 is 22.5 Å². The molecule has 27 heavy (non-hydrogen) atoms. The Morgan fingerprint density at radius 1 is 1.07 bits per heavy atom. The Morgan fingerprint density at radius 2 is 1.70 bits per heavy atom. The molecule has 7 nitrogen and oxygen atoms in total. The second kappa shape index (κ2) is 9.28. The minimum absolute atomic E-state index is 0.0306. The molecule has 0 aromatic heterocycles. The highest BCUT2D eigenvalue weighted by molar-refractivity contribution is 7.89. The first kappa shape index (κ1) is 20.6. The predicted octanol–water partition coefficient (Wildman–Crippen LogP) is 1.21. The van der Waals surface area contributed by atoms with Crippen LogP contribution in [-0.4, -0.2) is 39.9 Å². The quantitative estimate of drug-likeness (QED) is 0.710. The number of nitrogens with zero attached hydrogens (tertiary/aromatic N) is 2. The van der Waals surface area contributed by atoms with E-state index in [-0.39, 0.29) is 10.5 Å². The number of carbonyl (C=O) groups is 1. The number of rotatable bonds is 8. The zero-order valence-electron chi connectivity index (χ0n) is 15.3. The highest BCUT2D eigenvalue weighted by Crippen LogP contribution is 2.14. The molecule has 2 aromatic carbocycles. The molecule has 0 radical (unpaired) electrons. The Kier molecular flexibility index (Phi) is 7.07. The Balaban J connectivity index is 1.96. The second-order valence-electron chi connectivity index (χ2n) is 6.22. The predicted molar refractivity (Wildman–Crippen MR) is 102 cm³/mol. The molecule has 142 valence electrons. The lowest BCUT2D eigenvalue weighted by Gasteiger charge is -2.15. The van der Waals surface area contributed by atoms with Gasteiger partial charge in [0.2, 0.25) is 15.9 Å². The molecule has 0 aliphatic carbocycles. The van der Waals surface area contributed by atoms with Gasteiger partial charge in [-0.25, -0.2) is 13.1 Å². The van der Waals surface area contributed by atoms with Gasteiger partial charge < -0.3 is 10.2 Å². The lowest BCUT2D eigenvalue weighted by Crippen LogP contribution is -2.37. The average molecular weight is 386 g/mol. The van der Waals surface area contributed by atoms with Gasteiger partial charge in [-0.1, -0.05) is 36.4 Å².